The number of pyridine rings is 1. The molecule has 5 nitrogen and oxygen atoms in total. The highest BCUT2D eigenvalue weighted by molar-refractivity contribution is 5.92. The molecule has 0 radical (unpaired) electrons. The predicted molar refractivity (Wildman–Crippen MR) is 85.0 cm³/mol. The number of rotatable bonds is 4. The van der Waals surface area contributed by atoms with Crippen LogP contribution in [0.2, 0.25) is 0 Å². The van der Waals surface area contributed by atoms with Crippen LogP contribution in [0.15, 0.2) is 48.7 Å². The molecule has 0 spiro atoms. The van der Waals surface area contributed by atoms with E-state index >= 15 is 0 Å². The molecule has 22 heavy (non-hydrogen) atoms. The van der Waals surface area contributed by atoms with Gasteiger partial charge in [-0.1, -0.05) is 18.2 Å². The lowest BCUT2D eigenvalue weighted by atomic mass is 9.99. The number of hydrogen-bond donors (Lipinski definition) is 2. The molecule has 2 aromatic rings. The van der Waals surface area contributed by atoms with Crippen LogP contribution < -0.4 is 15.4 Å². The standard InChI is InChI=1S/C17H19N3O2/c21-17(13-5-4-10-18-11-13)20-14-8-9-16(19-12-14)22-15-6-2-1-3-7-15/h1-3,6-9,12-13,18H,4-5,10-11H2,(H,20,21). The van der Waals surface area contributed by atoms with Crippen LogP contribution in [-0.4, -0.2) is 24.0 Å². The van der Waals surface area contributed by atoms with Crippen molar-refractivity contribution in [2.75, 3.05) is 18.4 Å². The molecule has 114 valence electrons. The fourth-order valence-corrected chi connectivity index (χ4v) is 2.44. The van der Waals surface area contributed by atoms with Crippen molar-refractivity contribution >= 4 is 11.6 Å². The van der Waals surface area contributed by atoms with Gasteiger partial charge in [-0.15, -0.1) is 0 Å². The van der Waals surface area contributed by atoms with E-state index < -0.39 is 0 Å². The second kappa shape index (κ2) is 7.04. The second-order valence-corrected chi connectivity index (χ2v) is 5.33. The molecular weight excluding hydrogens is 278 g/mol. The van der Waals surface area contributed by atoms with Crippen LogP contribution in [0.25, 0.3) is 0 Å². The molecule has 1 amide bonds. The van der Waals surface area contributed by atoms with E-state index in [0.717, 1.165) is 31.7 Å². The van der Waals surface area contributed by atoms with E-state index in [1.807, 2.05) is 30.3 Å². The quantitative estimate of drug-likeness (QED) is 0.911. The maximum atomic E-state index is 12.1. The number of para-hydroxylation sites is 1. The first-order valence-electron chi connectivity index (χ1n) is 7.52. The van der Waals surface area contributed by atoms with Crippen molar-refractivity contribution in [1.82, 2.24) is 10.3 Å². The minimum Gasteiger partial charge on any atom is -0.439 e. The third-order valence-electron chi connectivity index (χ3n) is 3.64. The largest absolute Gasteiger partial charge is 0.439 e. The van der Waals surface area contributed by atoms with Crippen LogP contribution in [0.4, 0.5) is 5.69 Å². The Morgan fingerprint density at radius 2 is 2.09 bits per heavy atom. The van der Waals surface area contributed by atoms with Gasteiger partial charge >= 0.3 is 0 Å². The third-order valence-corrected chi connectivity index (χ3v) is 3.64. The number of anilines is 1. The third kappa shape index (κ3) is 3.83. The first kappa shape index (κ1) is 14.5. The maximum absolute atomic E-state index is 12.1. The van der Waals surface area contributed by atoms with E-state index in [2.05, 4.69) is 15.6 Å². The number of nitrogens with one attached hydrogen (secondary N) is 2. The lowest BCUT2D eigenvalue weighted by Crippen LogP contribution is -2.37. The van der Waals surface area contributed by atoms with Gasteiger partial charge in [0.1, 0.15) is 5.75 Å². The Bertz CT molecular complexity index is 608. The predicted octanol–water partition coefficient (Wildman–Crippen LogP) is 2.81. The Morgan fingerprint density at radius 1 is 1.23 bits per heavy atom. The smallest absolute Gasteiger partial charge is 0.228 e. The summed E-state index contributed by atoms with van der Waals surface area (Å²) in [7, 11) is 0. The van der Waals surface area contributed by atoms with Gasteiger partial charge in [0.2, 0.25) is 11.8 Å². The highest BCUT2D eigenvalue weighted by Gasteiger charge is 2.20. The van der Waals surface area contributed by atoms with E-state index in [0.29, 0.717) is 11.6 Å². The normalized spacial score (nSPS) is 17.7. The van der Waals surface area contributed by atoms with Crippen molar-refractivity contribution in [2.45, 2.75) is 12.8 Å². The zero-order valence-corrected chi connectivity index (χ0v) is 12.3. The molecule has 1 fully saturated rings. The van der Waals surface area contributed by atoms with E-state index in [1.165, 1.54) is 0 Å². The number of benzene rings is 1. The molecule has 1 atom stereocenters. The van der Waals surface area contributed by atoms with Gasteiger partial charge in [-0.25, -0.2) is 4.98 Å². The minimum atomic E-state index is 0.0361. The second-order valence-electron chi connectivity index (χ2n) is 5.33. The van der Waals surface area contributed by atoms with E-state index in [1.54, 1.807) is 18.3 Å². The van der Waals surface area contributed by atoms with Crippen molar-refractivity contribution in [3.63, 3.8) is 0 Å². The molecule has 1 unspecified atom stereocenters. The summed E-state index contributed by atoms with van der Waals surface area (Å²) in [5, 5.41) is 6.15. The Labute approximate surface area is 129 Å². The van der Waals surface area contributed by atoms with Crippen LogP contribution in [0, 0.1) is 5.92 Å². The summed E-state index contributed by atoms with van der Waals surface area (Å²) in [5.41, 5.74) is 0.691. The summed E-state index contributed by atoms with van der Waals surface area (Å²) in [4.78, 5) is 16.4. The molecular formula is C17H19N3O2. The number of piperidine rings is 1. The molecule has 1 aliphatic rings. The SMILES string of the molecule is O=C(Nc1ccc(Oc2ccccc2)nc1)C1CCCNC1. The summed E-state index contributed by atoms with van der Waals surface area (Å²) < 4.78 is 5.62. The van der Waals surface area contributed by atoms with Gasteiger partial charge in [-0.05, 0) is 37.6 Å². The first-order valence-corrected chi connectivity index (χ1v) is 7.52. The molecule has 1 saturated heterocycles. The summed E-state index contributed by atoms with van der Waals surface area (Å²) in [6.45, 7) is 1.74. The van der Waals surface area contributed by atoms with Gasteiger partial charge < -0.3 is 15.4 Å². The number of nitrogens with zero attached hydrogens (tertiary/aromatic N) is 1. The summed E-state index contributed by atoms with van der Waals surface area (Å²) >= 11 is 0. The molecule has 0 saturated carbocycles. The number of carbonyl (C=O) groups is 1. The molecule has 1 aromatic heterocycles. The Kier molecular flexibility index (Phi) is 4.65. The molecule has 1 aliphatic heterocycles. The summed E-state index contributed by atoms with van der Waals surface area (Å²) in [5.74, 6) is 1.32. The van der Waals surface area contributed by atoms with Crippen molar-refractivity contribution in [2.24, 2.45) is 5.92 Å². The molecule has 2 heterocycles. The Morgan fingerprint density at radius 3 is 2.77 bits per heavy atom. The maximum Gasteiger partial charge on any atom is 0.228 e. The number of ether oxygens (including phenoxy) is 1. The molecule has 2 N–H and O–H groups in total. The number of carbonyl (C=O) groups excluding carboxylic acids is 1. The summed E-state index contributed by atoms with van der Waals surface area (Å²) in [6.07, 6.45) is 3.59. The lowest BCUT2D eigenvalue weighted by Gasteiger charge is -2.21. The van der Waals surface area contributed by atoms with Crippen LogP contribution in [-0.2, 0) is 4.79 Å². The topological polar surface area (TPSA) is 63.2 Å². The van der Waals surface area contributed by atoms with Gasteiger partial charge in [0.15, 0.2) is 0 Å². The van der Waals surface area contributed by atoms with Gasteiger partial charge in [0, 0.05) is 12.6 Å². The highest BCUT2D eigenvalue weighted by atomic mass is 16.5. The van der Waals surface area contributed by atoms with Crippen LogP contribution in [0.1, 0.15) is 12.8 Å². The lowest BCUT2D eigenvalue weighted by molar-refractivity contribution is -0.120. The summed E-state index contributed by atoms with van der Waals surface area (Å²) in [6, 6.07) is 13.0. The van der Waals surface area contributed by atoms with Crippen molar-refractivity contribution in [3.05, 3.63) is 48.7 Å². The molecule has 5 heteroatoms. The highest BCUT2D eigenvalue weighted by Crippen LogP contribution is 2.20. The molecule has 1 aromatic carbocycles. The first-order chi connectivity index (χ1) is 10.8. The van der Waals surface area contributed by atoms with E-state index in [-0.39, 0.29) is 11.8 Å². The number of amides is 1. The van der Waals surface area contributed by atoms with Crippen molar-refractivity contribution < 1.29 is 9.53 Å². The fourth-order valence-electron chi connectivity index (χ4n) is 2.44. The van der Waals surface area contributed by atoms with E-state index in [9.17, 15) is 4.79 Å². The average molecular weight is 297 g/mol. The molecule has 0 aliphatic carbocycles. The van der Waals surface area contributed by atoms with Crippen LogP contribution in [0.5, 0.6) is 11.6 Å². The number of aromatic nitrogens is 1. The Balaban J connectivity index is 1.58. The average Bonchev–Trinajstić information content (AvgIpc) is 2.58. The van der Waals surface area contributed by atoms with Crippen molar-refractivity contribution in [1.29, 1.82) is 0 Å². The van der Waals surface area contributed by atoms with Crippen LogP contribution in [0.3, 0.4) is 0 Å². The van der Waals surface area contributed by atoms with Gasteiger partial charge in [0.25, 0.3) is 0 Å². The number of hydrogen-bond acceptors (Lipinski definition) is 4. The molecule has 0 bridgehead atoms. The van der Waals surface area contributed by atoms with Gasteiger partial charge in [-0.2, -0.15) is 0 Å². The zero-order valence-electron chi connectivity index (χ0n) is 12.3. The monoisotopic (exact) mass is 297 g/mol. The zero-order chi connectivity index (χ0) is 15.2. The Hall–Kier alpha value is -2.40. The van der Waals surface area contributed by atoms with Gasteiger partial charge in [-0.3, -0.25) is 4.79 Å². The van der Waals surface area contributed by atoms with Crippen LogP contribution >= 0.6 is 0 Å². The van der Waals surface area contributed by atoms with Crippen molar-refractivity contribution in [3.8, 4) is 11.6 Å². The van der Waals surface area contributed by atoms with E-state index in [4.69, 9.17) is 4.74 Å². The van der Waals surface area contributed by atoms with Gasteiger partial charge in [0.05, 0.1) is 17.8 Å². The fraction of sp³-hybridized carbons (Fsp3) is 0.294. The molecule has 3 rings (SSSR count). The minimum absolute atomic E-state index is 0.0361.